The average Bonchev–Trinajstić information content (AvgIpc) is 2.63. The molecule has 6 heteroatoms. The number of piperidine rings is 2. The zero-order chi connectivity index (χ0) is 17.8. The second-order valence-electron chi connectivity index (χ2n) is 6.89. The van der Waals surface area contributed by atoms with Gasteiger partial charge in [-0.1, -0.05) is 18.0 Å². The Morgan fingerprint density at radius 1 is 1.20 bits per heavy atom. The van der Waals surface area contributed by atoms with E-state index in [1.807, 2.05) is 6.92 Å². The molecule has 2 fully saturated rings. The summed E-state index contributed by atoms with van der Waals surface area (Å²) in [5.74, 6) is -0.141. The molecule has 2 N–H and O–H groups in total. The first-order valence-corrected chi connectivity index (χ1v) is 9.60. The van der Waals surface area contributed by atoms with Gasteiger partial charge in [-0.3, -0.25) is 14.5 Å². The first kappa shape index (κ1) is 18.2. The Balaban J connectivity index is 1.72. The number of hydrogen-bond acceptors (Lipinski definition) is 3. The van der Waals surface area contributed by atoms with Crippen LogP contribution in [-0.2, 0) is 4.79 Å². The minimum atomic E-state index is -0.222. The lowest BCUT2D eigenvalue weighted by atomic mass is 9.83. The van der Waals surface area contributed by atoms with E-state index in [4.69, 9.17) is 11.6 Å². The Bertz CT molecular complexity index is 648. The number of hydrogen-bond donors (Lipinski definition) is 2. The molecule has 136 valence electrons. The van der Waals surface area contributed by atoms with Crippen molar-refractivity contribution in [2.75, 3.05) is 25.0 Å². The molecule has 2 saturated heterocycles. The van der Waals surface area contributed by atoms with Crippen molar-refractivity contribution in [3.8, 4) is 0 Å². The molecular weight excluding hydrogens is 338 g/mol. The van der Waals surface area contributed by atoms with E-state index in [1.54, 1.807) is 18.2 Å². The largest absolute Gasteiger partial charge is 0.352 e. The Hall–Kier alpha value is -1.59. The summed E-state index contributed by atoms with van der Waals surface area (Å²) >= 11 is 6.12. The molecule has 2 aliphatic rings. The van der Waals surface area contributed by atoms with Gasteiger partial charge in [0, 0.05) is 18.3 Å². The molecule has 0 saturated carbocycles. The number of benzene rings is 1. The zero-order valence-electron chi connectivity index (χ0n) is 14.7. The minimum Gasteiger partial charge on any atom is -0.352 e. The van der Waals surface area contributed by atoms with Gasteiger partial charge < -0.3 is 10.6 Å². The molecule has 1 unspecified atom stereocenters. The predicted molar refractivity (Wildman–Crippen MR) is 100 cm³/mol. The highest BCUT2D eigenvalue weighted by Crippen LogP contribution is 2.32. The van der Waals surface area contributed by atoms with Gasteiger partial charge in [0.1, 0.15) is 0 Å². The van der Waals surface area contributed by atoms with Gasteiger partial charge in [0.2, 0.25) is 5.91 Å². The second kappa shape index (κ2) is 8.19. The van der Waals surface area contributed by atoms with Gasteiger partial charge in [-0.05, 0) is 63.9 Å². The van der Waals surface area contributed by atoms with Crippen LogP contribution >= 0.6 is 11.6 Å². The lowest BCUT2D eigenvalue weighted by Crippen LogP contribution is -2.51. The normalized spacial score (nSPS) is 23.6. The lowest BCUT2D eigenvalue weighted by Gasteiger charge is -2.43. The molecule has 2 amide bonds. The number of nitrogens with one attached hydrogen (secondary N) is 2. The summed E-state index contributed by atoms with van der Waals surface area (Å²) in [6, 6.07) is 5.43. The molecule has 3 rings (SSSR count). The highest BCUT2D eigenvalue weighted by molar-refractivity contribution is 6.34. The average molecular weight is 364 g/mol. The molecule has 1 aromatic carbocycles. The van der Waals surface area contributed by atoms with Crippen LogP contribution in [0.25, 0.3) is 0 Å². The van der Waals surface area contributed by atoms with Crippen molar-refractivity contribution in [1.29, 1.82) is 0 Å². The Kier molecular flexibility index (Phi) is 5.97. The summed E-state index contributed by atoms with van der Waals surface area (Å²) < 4.78 is 0. The monoisotopic (exact) mass is 363 g/mol. The van der Waals surface area contributed by atoms with Crippen LogP contribution in [0.15, 0.2) is 18.2 Å². The number of carbonyl (C=O) groups excluding carboxylic acids is 2. The van der Waals surface area contributed by atoms with Gasteiger partial charge in [0.15, 0.2) is 0 Å². The third-order valence-electron chi connectivity index (χ3n) is 5.24. The number of rotatable bonds is 4. The van der Waals surface area contributed by atoms with Crippen LogP contribution in [0.5, 0.6) is 0 Å². The summed E-state index contributed by atoms with van der Waals surface area (Å²) in [7, 11) is 0. The van der Waals surface area contributed by atoms with Crippen LogP contribution in [0.3, 0.4) is 0 Å². The summed E-state index contributed by atoms with van der Waals surface area (Å²) in [5, 5.41) is 6.13. The van der Waals surface area contributed by atoms with Crippen molar-refractivity contribution in [2.45, 2.75) is 45.1 Å². The van der Waals surface area contributed by atoms with Gasteiger partial charge in [0.05, 0.1) is 16.5 Å². The van der Waals surface area contributed by atoms with E-state index in [1.165, 1.54) is 12.8 Å². The molecule has 2 aliphatic heterocycles. The Morgan fingerprint density at radius 3 is 2.80 bits per heavy atom. The fraction of sp³-hybridized carbons (Fsp3) is 0.579. The van der Waals surface area contributed by atoms with Gasteiger partial charge in [0.25, 0.3) is 5.91 Å². The Labute approximate surface area is 154 Å². The first-order chi connectivity index (χ1) is 12.1. The second-order valence-corrected chi connectivity index (χ2v) is 7.30. The number of nitrogens with zero attached hydrogens (tertiary/aromatic N) is 1. The van der Waals surface area contributed by atoms with Crippen LogP contribution in [0, 0.1) is 5.92 Å². The van der Waals surface area contributed by atoms with Crippen molar-refractivity contribution < 1.29 is 9.59 Å². The number of carbonyl (C=O) groups is 2. The SMILES string of the molecule is CCNC(=O)c1cc(NC(=O)C2CCCN3CCCC[C@@H]23)ccc1Cl. The molecular formula is C19H26ClN3O2. The molecule has 25 heavy (non-hydrogen) atoms. The van der Waals surface area contributed by atoms with Crippen LogP contribution in [0.1, 0.15) is 49.4 Å². The third-order valence-corrected chi connectivity index (χ3v) is 5.57. The maximum Gasteiger partial charge on any atom is 0.252 e. The Morgan fingerprint density at radius 2 is 2.00 bits per heavy atom. The van der Waals surface area contributed by atoms with Crippen molar-refractivity contribution in [2.24, 2.45) is 5.92 Å². The molecule has 0 radical (unpaired) electrons. The summed E-state index contributed by atoms with van der Waals surface area (Å²) in [6.07, 6.45) is 5.54. The number of fused-ring (bicyclic) bond motifs is 1. The standard InChI is InChI=1S/C19H26ClN3O2/c1-2-21-18(24)15-12-13(8-9-16(15)20)22-19(25)14-6-5-11-23-10-4-3-7-17(14)23/h8-9,12,14,17H,2-7,10-11H2,1H3,(H,21,24)(H,22,25)/t14?,17-/m0/s1. The molecule has 2 atom stereocenters. The van der Waals surface area contributed by atoms with E-state index >= 15 is 0 Å². The van der Waals surface area contributed by atoms with Crippen LogP contribution in [-0.4, -0.2) is 42.4 Å². The minimum absolute atomic E-state index is 0.0256. The summed E-state index contributed by atoms with van der Waals surface area (Å²) in [6.45, 7) is 4.61. The van der Waals surface area contributed by atoms with Crippen LogP contribution < -0.4 is 10.6 Å². The van der Waals surface area contributed by atoms with E-state index in [9.17, 15) is 9.59 Å². The molecule has 0 bridgehead atoms. The fourth-order valence-electron chi connectivity index (χ4n) is 4.03. The fourth-order valence-corrected chi connectivity index (χ4v) is 4.23. The number of halogens is 1. The molecule has 0 spiro atoms. The number of anilines is 1. The van der Waals surface area contributed by atoms with Crippen molar-refractivity contribution >= 4 is 29.1 Å². The number of amides is 2. The van der Waals surface area contributed by atoms with Crippen molar-refractivity contribution in [3.63, 3.8) is 0 Å². The van der Waals surface area contributed by atoms with Gasteiger partial charge >= 0.3 is 0 Å². The van der Waals surface area contributed by atoms with E-state index in [2.05, 4.69) is 15.5 Å². The van der Waals surface area contributed by atoms with Crippen molar-refractivity contribution in [1.82, 2.24) is 10.2 Å². The molecule has 1 aromatic rings. The zero-order valence-corrected chi connectivity index (χ0v) is 15.4. The first-order valence-electron chi connectivity index (χ1n) is 9.23. The quantitative estimate of drug-likeness (QED) is 0.862. The van der Waals surface area contributed by atoms with Crippen molar-refractivity contribution in [3.05, 3.63) is 28.8 Å². The summed E-state index contributed by atoms with van der Waals surface area (Å²) in [5.41, 5.74) is 1.02. The third kappa shape index (κ3) is 4.15. The van der Waals surface area contributed by atoms with Gasteiger partial charge in [-0.2, -0.15) is 0 Å². The van der Waals surface area contributed by atoms with E-state index in [0.717, 1.165) is 32.4 Å². The molecule has 0 aromatic heterocycles. The van der Waals surface area contributed by atoms with Crippen LogP contribution in [0.2, 0.25) is 5.02 Å². The highest BCUT2D eigenvalue weighted by Gasteiger charge is 2.37. The maximum atomic E-state index is 12.8. The van der Waals surface area contributed by atoms with E-state index in [-0.39, 0.29) is 17.7 Å². The van der Waals surface area contributed by atoms with E-state index < -0.39 is 0 Å². The summed E-state index contributed by atoms with van der Waals surface area (Å²) in [4.78, 5) is 27.4. The molecule has 2 heterocycles. The maximum absolute atomic E-state index is 12.8. The molecule has 0 aliphatic carbocycles. The van der Waals surface area contributed by atoms with Gasteiger partial charge in [-0.15, -0.1) is 0 Å². The van der Waals surface area contributed by atoms with Gasteiger partial charge in [-0.25, -0.2) is 0 Å². The predicted octanol–water partition coefficient (Wildman–Crippen LogP) is 3.29. The van der Waals surface area contributed by atoms with E-state index in [0.29, 0.717) is 28.9 Å². The van der Waals surface area contributed by atoms with Crippen LogP contribution in [0.4, 0.5) is 5.69 Å². The smallest absolute Gasteiger partial charge is 0.252 e. The lowest BCUT2D eigenvalue weighted by molar-refractivity contribution is -0.124. The molecule has 5 nitrogen and oxygen atoms in total. The highest BCUT2D eigenvalue weighted by atomic mass is 35.5. The topological polar surface area (TPSA) is 61.4 Å².